The molecule has 4 heteroatoms. The minimum atomic E-state index is 0.617. The number of nitrogens with zero attached hydrogens (tertiary/aromatic N) is 2. The monoisotopic (exact) mass is 285 g/mol. The molecular weight excluding hydrogens is 262 g/mol. The Morgan fingerprint density at radius 1 is 1.33 bits per heavy atom. The van der Waals surface area contributed by atoms with Gasteiger partial charge in [0.25, 0.3) is 0 Å². The number of anilines is 1. The van der Waals surface area contributed by atoms with Crippen LogP contribution in [0.1, 0.15) is 26.1 Å². The van der Waals surface area contributed by atoms with Gasteiger partial charge in [-0.2, -0.15) is 0 Å². The van der Waals surface area contributed by atoms with E-state index in [0.717, 1.165) is 35.7 Å². The third-order valence-electron chi connectivity index (χ3n) is 3.31. The third kappa shape index (κ3) is 3.10. The topological polar surface area (TPSA) is 53.1 Å². The highest BCUT2D eigenvalue weighted by Crippen LogP contribution is 2.34. The van der Waals surface area contributed by atoms with Crippen molar-refractivity contribution in [3.8, 4) is 17.0 Å². The smallest absolute Gasteiger partial charge is 0.132 e. The summed E-state index contributed by atoms with van der Waals surface area (Å²) in [5, 5.41) is 0. The Morgan fingerprint density at radius 2 is 2.10 bits per heavy atom. The fraction of sp³-hybridized carbons (Fsp3) is 0.353. The molecule has 1 aromatic carbocycles. The molecule has 0 aliphatic carbocycles. The highest BCUT2D eigenvalue weighted by atomic mass is 16.5. The van der Waals surface area contributed by atoms with Crippen LogP contribution < -0.4 is 10.5 Å². The van der Waals surface area contributed by atoms with E-state index < -0.39 is 0 Å². The van der Waals surface area contributed by atoms with Crippen molar-refractivity contribution in [2.75, 3.05) is 12.3 Å². The molecule has 0 bridgehead atoms. The van der Waals surface area contributed by atoms with Crippen molar-refractivity contribution < 1.29 is 4.74 Å². The van der Waals surface area contributed by atoms with Crippen LogP contribution in [-0.2, 0) is 13.0 Å². The van der Waals surface area contributed by atoms with Gasteiger partial charge in [0, 0.05) is 18.5 Å². The summed E-state index contributed by atoms with van der Waals surface area (Å²) in [7, 11) is 0. The van der Waals surface area contributed by atoms with E-state index in [0.29, 0.717) is 19.0 Å². The molecule has 0 saturated carbocycles. The number of aryl methyl sites for hydroxylation is 1. The van der Waals surface area contributed by atoms with E-state index >= 15 is 0 Å². The van der Waals surface area contributed by atoms with Crippen LogP contribution in [-0.4, -0.2) is 16.2 Å². The van der Waals surface area contributed by atoms with Gasteiger partial charge in [0.15, 0.2) is 0 Å². The van der Waals surface area contributed by atoms with Crippen LogP contribution in [0.5, 0.6) is 5.75 Å². The summed E-state index contributed by atoms with van der Waals surface area (Å²) in [6.45, 7) is 9.19. The van der Waals surface area contributed by atoms with Gasteiger partial charge in [-0.1, -0.05) is 25.1 Å². The average Bonchev–Trinajstić information content (AvgIpc) is 2.78. The molecule has 112 valence electrons. The zero-order valence-corrected chi connectivity index (χ0v) is 12.8. The predicted octanol–water partition coefficient (Wildman–Crippen LogP) is 3.67. The molecular formula is C17H23N3O. The molecule has 1 aromatic heterocycles. The standard InChI is InChI=1S/C17H23N3O/c1-4-9-15-19-16(17(18)20(15)12-5-2)13-10-7-8-11-14(13)21-6-3/h5,7-8,10-11H,2,4,6,9,12,18H2,1,3H3. The molecule has 0 radical (unpaired) electrons. The highest BCUT2D eigenvalue weighted by Gasteiger charge is 2.17. The largest absolute Gasteiger partial charge is 0.493 e. The lowest BCUT2D eigenvalue weighted by molar-refractivity contribution is 0.341. The molecule has 0 amide bonds. The van der Waals surface area contributed by atoms with E-state index in [1.165, 1.54) is 0 Å². The zero-order chi connectivity index (χ0) is 15.2. The maximum Gasteiger partial charge on any atom is 0.132 e. The Bertz CT molecular complexity index is 616. The maximum absolute atomic E-state index is 6.31. The third-order valence-corrected chi connectivity index (χ3v) is 3.31. The van der Waals surface area contributed by atoms with Gasteiger partial charge in [-0.3, -0.25) is 0 Å². The summed E-state index contributed by atoms with van der Waals surface area (Å²) >= 11 is 0. The molecule has 1 heterocycles. The number of hydrogen-bond donors (Lipinski definition) is 1. The molecule has 4 nitrogen and oxygen atoms in total. The minimum Gasteiger partial charge on any atom is -0.493 e. The van der Waals surface area contributed by atoms with Crippen molar-refractivity contribution in [3.63, 3.8) is 0 Å². The number of allylic oxidation sites excluding steroid dienone is 1. The van der Waals surface area contributed by atoms with Crippen LogP contribution in [0.15, 0.2) is 36.9 Å². The molecule has 0 aliphatic rings. The molecule has 21 heavy (non-hydrogen) atoms. The molecule has 0 aliphatic heterocycles. The number of nitrogens with two attached hydrogens (primary N) is 1. The SMILES string of the molecule is C=CCn1c(CCC)nc(-c2ccccc2OCC)c1N. The van der Waals surface area contributed by atoms with Gasteiger partial charge in [0.1, 0.15) is 23.1 Å². The van der Waals surface area contributed by atoms with Gasteiger partial charge in [-0.15, -0.1) is 6.58 Å². The van der Waals surface area contributed by atoms with E-state index in [1.54, 1.807) is 0 Å². The molecule has 0 fully saturated rings. The number of rotatable bonds is 7. The quantitative estimate of drug-likeness (QED) is 0.790. The number of imidazole rings is 1. The van der Waals surface area contributed by atoms with Crippen LogP contribution in [0.4, 0.5) is 5.82 Å². The van der Waals surface area contributed by atoms with Gasteiger partial charge in [0.05, 0.1) is 6.61 Å². The Kier molecular flexibility index (Phi) is 5.04. The summed E-state index contributed by atoms with van der Waals surface area (Å²) < 4.78 is 7.71. The van der Waals surface area contributed by atoms with Crippen LogP contribution >= 0.6 is 0 Å². The highest BCUT2D eigenvalue weighted by molar-refractivity contribution is 5.76. The number of benzene rings is 1. The van der Waals surface area contributed by atoms with Crippen LogP contribution in [0.2, 0.25) is 0 Å². The molecule has 0 spiro atoms. The van der Waals surface area contributed by atoms with Crippen molar-refractivity contribution in [3.05, 3.63) is 42.7 Å². The van der Waals surface area contributed by atoms with Crippen LogP contribution in [0.25, 0.3) is 11.3 Å². The normalized spacial score (nSPS) is 10.6. The van der Waals surface area contributed by atoms with Crippen molar-refractivity contribution >= 4 is 5.82 Å². The number of aromatic nitrogens is 2. The second-order valence-corrected chi connectivity index (χ2v) is 4.84. The summed E-state index contributed by atoms with van der Waals surface area (Å²) in [6, 6.07) is 7.88. The predicted molar refractivity (Wildman–Crippen MR) is 87.4 cm³/mol. The van der Waals surface area contributed by atoms with E-state index in [-0.39, 0.29) is 0 Å². The van der Waals surface area contributed by atoms with Crippen molar-refractivity contribution in [1.82, 2.24) is 9.55 Å². The summed E-state index contributed by atoms with van der Waals surface area (Å²) in [5.41, 5.74) is 8.05. The first-order valence-electron chi connectivity index (χ1n) is 7.40. The Morgan fingerprint density at radius 3 is 2.76 bits per heavy atom. The van der Waals surface area contributed by atoms with Gasteiger partial charge < -0.3 is 15.0 Å². The Hall–Kier alpha value is -2.23. The Labute approximate surface area is 126 Å². The van der Waals surface area contributed by atoms with Gasteiger partial charge in [-0.25, -0.2) is 4.98 Å². The van der Waals surface area contributed by atoms with Gasteiger partial charge >= 0.3 is 0 Å². The molecule has 0 atom stereocenters. The number of hydrogen-bond acceptors (Lipinski definition) is 3. The van der Waals surface area contributed by atoms with Crippen LogP contribution in [0, 0.1) is 0 Å². The fourth-order valence-corrected chi connectivity index (χ4v) is 2.40. The number of para-hydroxylation sites is 1. The summed E-state index contributed by atoms with van der Waals surface area (Å²) in [6.07, 6.45) is 3.77. The van der Waals surface area contributed by atoms with Crippen LogP contribution in [0.3, 0.4) is 0 Å². The second-order valence-electron chi connectivity index (χ2n) is 4.84. The van der Waals surface area contributed by atoms with E-state index in [4.69, 9.17) is 15.5 Å². The molecule has 2 N–H and O–H groups in total. The van der Waals surface area contributed by atoms with E-state index in [1.807, 2.05) is 41.8 Å². The molecule has 2 rings (SSSR count). The molecule has 0 unspecified atom stereocenters. The van der Waals surface area contributed by atoms with Crippen molar-refractivity contribution in [2.24, 2.45) is 0 Å². The fourth-order valence-electron chi connectivity index (χ4n) is 2.40. The first kappa shape index (κ1) is 15.2. The lowest BCUT2D eigenvalue weighted by Crippen LogP contribution is -2.06. The van der Waals surface area contributed by atoms with Gasteiger partial charge in [-0.05, 0) is 25.5 Å². The lowest BCUT2D eigenvalue weighted by Gasteiger charge is -2.09. The number of ether oxygens (including phenoxy) is 1. The van der Waals surface area contributed by atoms with E-state index in [2.05, 4.69) is 13.5 Å². The number of nitrogen functional groups attached to an aromatic ring is 1. The summed E-state index contributed by atoms with van der Waals surface area (Å²) in [4.78, 5) is 4.74. The molecule has 0 saturated heterocycles. The maximum atomic E-state index is 6.31. The second kappa shape index (κ2) is 6.97. The van der Waals surface area contributed by atoms with Crippen molar-refractivity contribution in [1.29, 1.82) is 0 Å². The van der Waals surface area contributed by atoms with E-state index in [9.17, 15) is 0 Å². The zero-order valence-electron chi connectivity index (χ0n) is 12.8. The average molecular weight is 285 g/mol. The van der Waals surface area contributed by atoms with Crippen molar-refractivity contribution in [2.45, 2.75) is 33.2 Å². The first-order valence-corrected chi connectivity index (χ1v) is 7.40. The Balaban J connectivity index is 2.53. The lowest BCUT2D eigenvalue weighted by atomic mass is 10.1. The first-order chi connectivity index (χ1) is 10.2. The van der Waals surface area contributed by atoms with Gasteiger partial charge in [0.2, 0.25) is 0 Å². The summed E-state index contributed by atoms with van der Waals surface area (Å²) in [5.74, 6) is 2.49. The minimum absolute atomic E-state index is 0.617. The molecule has 2 aromatic rings.